The number of aryl methyl sites for hydroxylation is 2. The number of alkyl halides is 3. The van der Waals surface area contributed by atoms with E-state index < -0.39 is 12.1 Å². The lowest BCUT2D eigenvalue weighted by Crippen LogP contribution is -2.25. The number of hydrogen-bond donors (Lipinski definition) is 1. The van der Waals surface area contributed by atoms with Crippen molar-refractivity contribution in [3.63, 3.8) is 0 Å². The van der Waals surface area contributed by atoms with Crippen molar-refractivity contribution in [3.8, 4) is 0 Å². The Morgan fingerprint density at radius 1 is 1.31 bits per heavy atom. The second-order valence-corrected chi connectivity index (χ2v) is 7.24. The lowest BCUT2D eigenvalue weighted by Gasteiger charge is -2.17. The van der Waals surface area contributed by atoms with Crippen molar-refractivity contribution >= 4 is 5.97 Å². The number of halogens is 3. The highest BCUT2D eigenvalue weighted by Gasteiger charge is 2.42. The molecule has 0 spiro atoms. The van der Waals surface area contributed by atoms with Gasteiger partial charge in [-0.3, -0.25) is 4.90 Å². The molecule has 4 rings (SSSR count). The maximum absolute atomic E-state index is 10.6. The van der Waals surface area contributed by atoms with Gasteiger partial charge in [0, 0.05) is 19.0 Å². The Hall–Kier alpha value is -2.40. The third-order valence-electron chi connectivity index (χ3n) is 4.78. The highest BCUT2D eigenvalue weighted by atomic mass is 19.4. The molecule has 3 atom stereocenters. The first kappa shape index (κ1) is 21.3. The number of carboxylic acid groups (broad SMARTS) is 1. The molecule has 2 aromatic heterocycles. The van der Waals surface area contributed by atoms with Gasteiger partial charge in [0.25, 0.3) is 0 Å². The molecule has 2 fully saturated rings. The fraction of sp³-hybridized carbons (Fsp3) is 0.611. The van der Waals surface area contributed by atoms with Gasteiger partial charge < -0.3 is 18.8 Å². The molecule has 0 unspecified atom stereocenters. The standard InChI is InChI=1S/C16H21N3O3.C2HF3O2/c1-10-3-4-13(20-10)8-19-7-12-5-14(21-15(12)9-19)6-16-17-11(2)18-22-16;3-2(4,5)1(6)7/h3-4,12,14-15H,5-9H2,1-2H3;(H,6,7)/t12-,14+,15+;/m0./s1. The van der Waals surface area contributed by atoms with Crippen LogP contribution in [-0.2, 0) is 22.5 Å². The van der Waals surface area contributed by atoms with Crippen LogP contribution in [0.15, 0.2) is 21.1 Å². The van der Waals surface area contributed by atoms with Crippen molar-refractivity contribution in [2.24, 2.45) is 5.92 Å². The number of furan rings is 1. The third kappa shape index (κ3) is 5.80. The highest BCUT2D eigenvalue weighted by Crippen LogP contribution is 2.34. The van der Waals surface area contributed by atoms with Gasteiger partial charge in [-0.1, -0.05) is 5.16 Å². The average Bonchev–Trinajstić information content (AvgIpc) is 3.34. The Morgan fingerprint density at radius 2 is 2.03 bits per heavy atom. The first-order valence-corrected chi connectivity index (χ1v) is 9.12. The molecule has 0 aliphatic carbocycles. The number of hydrogen-bond acceptors (Lipinski definition) is 7. The fourth-order valence-corrected chi connectivity index (χ4v) is 3.62. The molecular formula is C18H22F3N3O5. The predicted octanol–water partition coefficient (Wildman–Crippen LogP) is 2.74. The first-order chi connectivity index (χ1) is 13.6. The van der Waals surface area contributed by atoms with Crippen LogP contribution in [0.4, 0.5) is 13.2 Å². The highest BCUT2D eigenvalue weighted by molar-refractivity contribution is 5.73. The van der Waals surface area contributed by atoms with Crippen LogP contribution in [0.25, 0.3) is 0 Å². The molecule has 11 heteroatoms. The van der Waals surface area contributed by atoms with Crippen molar-refractivity contribution in [2.75, 3.05) is 13.1 Å². The zero-order valence-electron chi connectivity index (χ0n) is 16.0. The van der Waals surface area contributed by atoms with E-state index >= 15 is 0 Å². The summed E-state index contributed by atoms with van der Waals surface area (Å²) in [7, 11) is 0. The SMILES string of the molecule is Cc1noc(C[C@H]2C[C@H]3CN(Cc4ccc(C)o4)C[C@H]3O2)n1.O=C(O)C(F)(F)F. The molecule has 0 amide bonds. The van der Waals surface area contributed by atoms with Crippen LogP contribution in [0.5, 0.6) is 0 Å². The maximum atomic E-state index is 10.6. The summed E-state index contributed by atoms with van der Waals surface area (Å²) in [6, 6.07) is 4.08. The molecule has 0 radical (unpaired) electrons. The van der Waals surface area contributed by atoms with Gasteiger partial charge in [0.2, 0.25) is 5.89 Å². The van der Waals surface area contributed by atoms with Crippen molar-refractivity contribution < 1.29 is 36.7 Å². The van der Waals surface area contributed by atoms with Crippen LogP contribution < -0.4 is 0 Å². The van der Waals surface area contributed by atoms with E-state index in [1.54, 1.807) is 0 Å². The molecule has 160 valence electrons. The van der Waals surface area contributed by atoms with E-state index in [-0.39, 0.29) is 6.10 Å². The van der Waals surface area contributed by atoms with Crippen molar-refractivity contribution in [1.29, 1.82) is 0 Å². The number of nitrogens with zero attached hydrogens (tertiary/aromatic N) is 3. The largest absolute Gasteiger partial charge is 0.490 e. The van der Waals surface area contributed by atoms with Gasteiger partial charge in [-0.05, 0) is 32.4 Å². The number of likely N-dealkylation sites (tertiary alicyclic amines) is 1. The van der Waals surface area contributed by atoms with Crippen molar-refractivity contribution in [3.05, 3.63) is 35.4 Å². The van der Waals surface area contributed by atoms with E-state index in [4.69, 9.17) is 23.6 Å². The Labute approximate surface area is 164 Å². The summed E-state index contributed by atoms with van der Waals surface area (Å²) < 4.78 is 48.8. The minimum Gasteiger partial charge on any atom is -0.475 e. The molecular weight excluding hydrogens is 395 g/mol. The average molecular weight is 417 g/mol. The van der Waals surface area contributed by atoms with Crippen LogP contribution in [0.2, 0.25) is 0 Å². The molecule has 8 nitrogen and oxygen atoms in total. The van der Waals surface area contributed by atoms with Crippen LogP contribution in [0.3, 0.4) is 0 Å². The van der Waals surface area contributed by atoms with Gasteiger partial charge >= 0.3 is 12.1 Å². The molecule has 2 saturated heterocycles. The van der Waals surface area contributed by atoms with Gasteiger partial charge in [-0.25, -0.2) is 4.79 Å². The molecule has 2 aliphatic rings. The summed E-state index contributed by atoms with van der Waals surface area (Å²) in [6.07, 6.45) is -2.75. The van der Waals surface area contributed by atoms with E-state index in [2.05, 4.69) is 21.1 Å². The quantitative estimate of drug-likeness (QED) is 0.810. The Kier molecular flexibility index (Phi) is 6.27. The van der Waals surface area contributed by atoms with Crippen LogP contribution in [-0.4, -0.2) is 57.6 Å². The van der Waals surface area contributed by atoms with Gasteiger partial charge in [-0.2, -0.15) is 18.2 Å². The Bertz CT molecular complexity index is 767. The Morgan fingerprint density at radius 3 is 2.55 bits per heavy atom. The molecule has 0 saturated carbocycles. The second-order valence-electron chi connectivity index (χ2n) is 7.24. The summed E-state index contributed by atoms with van der Waals surface area (Å²) in [5, 5.41) is 11.0. The lowest BCUT2D eigenvalue weighted by atomic mass is 10.0. The summed E-state index contributed by atoms with van der Waals surface area (Å²) in [5.74, 6) is 1.23. The van der Waals surface area contributed by atoms with Crippen LogP contribution in [0, 0.1) is 19.8 Å². The number of aromatic nitrogens is 2. The van der Waals surface area contributed by atoms with Gasteiger partial charge in [-0.15, -0.1) is 0 Å². The predicted molar refractivity (Wildman–Crippen MR) is 91.9 cm³/mol. The molecule has 4 heterocycles. The summed E-state index contributed by atoms with van der Waals surface area (Å²) in [4.78, 5) is 15.6. The summed E-state index contributed by atoms with van der Waals surface area (Å²) >= 11 is 0. The van der Waals surface area contributed by atoms with E-state index in [1.807, 2.05) is 19.9 Å². The minimum atomic E-state index is -5.08. The summed E-state index contributed by atoms with van der Waals surface area (Å²) in [6.45, 7) is 6.74. The Balaban J connectivity index is 0.000000298. The van der Waals surface area contributed by atoms with Gasteiger partial charge in [0.05, 0.1) is 25.2 Å². The van der Waals surface area contributed by atoms with Crippen LogP contribution >= 0.6 is 0 Å². The topological polar surface area (TPSA) is 102 Å². The second kappa shape index (κ2) is 8.54. The van der Waals surface area contributed by atoms with Crippen LogP contribution in [0.1, 0.15) is 29.7 Å². The van der Waals surface area contributed by atoms with E-state index in [0.29, 0.717) is 23.7 Å². The van der Waals surface area contributed by atoms with Gasteiger partial charge in [0.1, 0.15) is 11.5 Å². The molecule has 2 aromatic rings. The zero-order chi connectivity index (χ0) is 21.2. The first-order valence-electron chi connectivity index (χ1n) is 9.12. The molecule has 29 heavy (non-hydrogen) atoms. The smallest absolute Gasteiger partial charge is 0.475 e. The minimum absolute atomic E-state index is 0.211. The van der Waals surface area contributed by atoms with E-state index in [9.17, 15) is 13.2 Å². The van der Waals surface area contributed by atoms with Gasteiger partial charge in [0.15, 0.2) is 5.82 Å². The zero-order valence-corrected chi connectivity index (χ0v) is 16.0. The number of aliphatic carboxylic acids is 1. The number of fused-ring (bicyclic) bond motifs is 1. The molecule has 0 bridgehead atoms. The monoisotopic (exact) mass is 417 g/mol. The number of carboxylic acids is 1. The maximum Gasteiger partial charge on any atom is 0.490 e. The lowest BCUT2D eigenvalue weighted by molar-refractivity contribution is -0.192. The number of ether oxygens (including phenoxy) is 1. The molecule has 1 N–H and O–H groups in total. The third-order valence-corrected chi connectivity index (χ3v) is 4.78. The van der Waals surface area contributed by atoms with E-state index in [0.717, 1.165) is 44.0 Å². The number of rotatable bonds is 4. The summed E-state index contributed by atoms with van der Waals surface area (Å²) in [5.41, 5.74) is 0. The molecule has 0 aromatic carbocycles. The van der Waals surface area contributed by atoms with Crippen molar-refractivity contribution in [1.82, 2.24) is 15.0 Å². The van der Waals surface area contributed by atoms with E-state index in [1.165, 1.54) is 0 Å². The number of carbonyl (C=O) groups is 1. The fourth-order valence-electron chi connectivity index (χ4n) is 3.62. The normalized spacial score (nSPS) is 24.2. The molecule has 2 aliphatic heterocycles. The van der Waals surface area contributed by atoms with Crippen molar-refractivity contribution in [2.45, 2.75) is 51.6 Å².